The van der Waals surface area contributed by atoms with Gasteiger partial charge in [0.25, 0.3) is 0 Å². The van der Waals surface area contributed by atoms with Crippen LogP contribution in [0.15, 0.2) is 29.6 Å². The van der Waals surface area contributed by atoms with Crippen LogP contribution >= 0.6 is 11.3 Å². The summed E-state index contributed by atoms with van der Waals surface area (Å²) >= 11 is -0.00801. The maximum Gasteiger partial charge on any atom is 0.407 e. The Balaban J connectivity index is 1.33. The van der Waals surface area contributed by atoms with E-state index in [4.69, 9.17) is 18.1 Å². The Morgan fingerprint density at radius 1 is 1.24 bits per heavy atom. The highest BCUT2D eigenvalue weighted by atomic mass is 32.2. The van der Waals surface area contributed by atoms with Crippen molar-refractivity contribution in [2.75, 3.05) is 19.8 Å². The van der Waals surface area contributed by atoms with Crippen molar-refractivity contribution in [2.45, 2.75) is 58.1 Å². The molecule has 2 aromatic rings. The van der Waals surface area contributed by atoms with Crippen LogP contribution in [-0.2, 0) is 26.3 Å². The number of hydrogen-bond acceptors (Lipinski definition) is 7. The number of rotatable bonds is 5. The van der Waals surface area contributed by atoms with Gasteiger partial charge in [-0.3, -0.25) is 8.37 Å². The second kappa shape index (κ2) is 10.1. The fraction of sp³-hybridized carbons (Fsp3) is 0.565. The molecule has 2 fully saturated rings. The molecule has 8 nitrogen and oxygen atoms in total. The first-order valence-electron chi connectivity index (χ1n) is 11.1. The van der Waals surface area contributed by atoms with Crippen LogP contribution in [0.2, 0.25) is 0 Å². The summed E-state index contributed by atoms with van der Waals surface area (Å²) in [5.74, 6) is 1.07. The molecule has 2 atom stereocenters. The van der Waals surface area contributed by atoms with E-state index in [1.54, 1.807) is 16.2 Å². The van der Waals surface area contributed by atoms with Crippen molar-refractivity contribution in [3.63, 3.8) is 0 Å². The molecule has 0 radical (unpaired) electrons. The number of carboxylic acid groups (broad SMARTS) is 1. The Labute approximate surface area is 200 Å². The van der Waals surface area contributed by atoms with E-state index in [1.807, 2.05) is 29.6 Å². The van der Waals surface area contributed by atoms with Crippen LogP contribution in [0.1, 0.15) is 61.7 Å². The summed E-state index contributed by atoms with van der Waals surface area (Å²) in [5, 5.41) is 12.7. The highest BCUT2D eigenvalue weighted by Gasteiger charge is 2.39. The van der Waals surface area contributed by atoms with E-state index in [2.05, 4.69) is 20.8 Å². The minimum Gasteiger partial charge on any atom is -0.487 e. The second-order valence-electron chi connectivity index (χ2n) is 9.58. The number of nitrogens with zero attached hydrogens (tertiary/aromatic N) is 2. The summed E-state index contributed by atoms with van der Waals surface area (Å²) in [6, 6.07) is 7.72. The summed E-state index contributed by atoms with van der Waals surface area (Å²) in [7, 11) is 0. The van der Waals surface area contributed by atoms with Crippen LogP contribution in [-0.4, -0.2) is 51.1 Å². The molecule has 2 aliphatic rings. The number of likely N-dealkylation sites (tertiary alicyclic amines) is 1. The molecule has 2 aliphatic heterocycles. The first-order chi connectivity index (χ1) is 15.7. The molecular weight excluding hydrogens is 464 g/mol. The van der Waals surface area contributed by atoms with Gasteiger partial charge in [-0.2, -0.15) is 4.21 Å². The predicted molar refractivity (Wildman–Crippen MR) is 126 cm³/mol. The Morgan fingerprint density at radius 2 is 1.94 bits per heavy atom. The second-order valence-corrected chi connectivity index (χ2v) is 11.4. The van der Waals surface area contributed by atoms with E-state index < -0.39 is 17.5 Å². The average molecular weight is 495 g/mol. The summed E-state index contributed by atoms with van der Waals surface area (Å²) in [6.45, 7) is 7.94. The third-order valence-electron chi connectivity index (χ3n) is 6.24. The molecule has 2 saturated heterocycles. The van der Waals surface area contributed by atoms with Crippen molar-refractivity contribution < 1.29 is 27.2 Å². The first-order valence-corrected chi connectivity index (χ1v) is 12.9. The number of ether oxygens (including phenoxy) is 1. The monoisotopic (exact) mass is 494 g/mol. The number of carbonyl (C=O) groups is 1. The molecule has 1 aromatic carbocycles. The van der Waals surface area contributed by atoms with Gasteiger partial charge in [0.15, 0.2) is 0 Å². The van der Waals surface area contributed by atoms with Crippen molar-refractivity contribution in [3.8, 4) is 5.75 Å². The SMILES string of the molecule is CC(C)(C)[C@H]1C[C@@H](c2nc(COc3ccc(C4COS(=O)OC4)cc3)cs2)CCN1C(=O)O. The van der Waals surface area contributed by atoms with Gasteiger partial charge in [-0.25, -0.2) is 9.78 Å². The fourth-order valence-electron chi connectivity index (χ4n) is 4.36. The molecule has 3 heterocycles. The number of hydrogen-bond donors (Lipinski definition) is 1. The smallest absolute Gasteiger partial charge is 0.407 e. The number of benzene rings is 1. The Hall–Kier alpha value is -2.01. The molecule has 1 amide bonds. The summed E-state index contributed by atoms with van der Waals surface area (Å²) in [5.41, 5.74) is 1.80. The number of thiazole rings is 1. The van der Waals surface area contributed by atoms with Crippen LogP contribution in [0.4, 0.5) is 4.79 Å². The lowest BCUT2D eigenvalue weighted by atomic mass is 9.77. The molecule has 180 valence electrons. The van der Waals surface area contributed by atoms with Gasteiger partial charge >= 0.3 is 17.5 Å². The van der Waals surface area contributed by atoms with Gasteiger partial charge in [-0.05, 0) is 36.0 Å². The molecule has 1 aromatic heterocycles. The van der Waals surface area contributed by atoms with E-state index in [0.29, 0.717) is 26.4 Å². The molecule has 0 aliphatic carbocycles. The number of amides is 1. The zero-order chi connectivity index (χ0) is 23.6. The van der Waals surface area contributed by atoms with Gasteiger partial charge in [0, 0.05) is 29.8 Å². The molecule has 1 N–H and O–H groups in total. The van der Waals surface area contributed by atoms with Crippen molar-refractivity contribution in [2.24, 2.45) is 5.41 Å². The normalized spacial score (nSPS) is 26.2. The Morgan fingerprint density at radius 3 is 2.58 bits per heavy atom. The molecule has 0 saturated carbocycles. The maximum atomic E-state index is 11.7. The molecule has 4 rings (SSSR count). The van der Waals surface area contributed by atoms with E-state index >= 15 is 0 Å². The molecule has 0 unspecified atom stereocenters. The Bertz CT molecular complexity index is 978. The van der Waals surface area contributed by atoms with Crippen LogP contribution in [0.25, 0.3) is 0 Å². The van der Waals surface area contributed by atoms with E-state index in [9.17, 15) is 14.1 Å². The van der Waals surface area contributed by atoms with E-state index in [1.165, 1.54) is 0 Å². The number of aromatic nitrogens is 1. The van der Waals surface area contributed by atoms with Gasteiger partial charge in [0.2, 0.25) is 0 Å². The average Bonchev–Trinajstić information content (AvgIpc) is 3.27. The number of piperidine rings is 1. The van der Waals surface area contributed by atoms with Gasteiger partial charge in [-0.15, -0.1) is 11.3 Å². The lowest BCUT2D eigenvalue weighted by molar-refractivity contribution is 0.0525. The minimum absolute atomic E-state index is 0.0316. The molecule has 10 heteroatoms. The largest absolute Gasteiger partial charge is 0.487 e. The van der Waals surface area contributed by atoms with Gasteiger partial charge < -0.3 is 14.7 Å². The topological polar surface area (TPSA) is 98.2 Å². The molecular formula is C23H30N2O6S2. The molecule has 0 spiro atoms. The standard InChI is InChI=1S/C23H30N2O6S2/c1-23(2,3)20-10-16(8-9-25(20)22(26)27)21-24-18(14-32-21)13-29-19-6-4-15(5-7-19)17-11-30-33(28)31-12-17/h4-7,14,16-17,20H,8-13H2,1-3H3,(H,26,27)/t16-,17?,20+,33?/m0/s1. The van der Waals surface area contributed by atoms with Crippen LogP contribution in [0, 0.1) is 5.41 Å². The summed E-state index contributed by atoms with van der Waals surface area (Å²) in [6.07, 6.45) is 0.731. The zero-order valence-corrected chi connectivity index (χ0v) is 20.7. The third-order valence-corrected chi connectivity index (χ3v) is 7.95. The lowest BCUT2D eigenvalue weighted by Crippen LogP contribution is -2.51. The van der Waals surface area contributed by atoms with Gasteiger partial charge in [-0.1, -0.05) is 32.9 Å². The van der Waals surface area contributed by atoms with E-state index in [0.717, 1.165) is 34.9 Å². The zero-order valence-electron chi connectivity index (χ0n) is 19.1. The minimum atomic E-state index is -1.63. The Kier molecular flexibility index (Phi) is 7.37. The summed E-state index contributed by atoms with van der Waals surface area (Å²) < 4.78 is 27.2. The van der Waals surface area contributed by atoms with Gasteiger partial charge in [0.1, 0.15) is 12.4 Å². The fourth-order valence-corrected chi connectivity index (χ4v) is 5.93. The predicted octanol–water partition coefficient (Wildman–Crippen LogP) is 4.70. The highest BCUT2D eigenvalue weighted by molar-refractivity contribution is 7.75. The van der Waals surface area contributed by atoms with Crippen molar-refractivity contribution in [3.05, 3.63) is 45.9 Å². The quantitative estimate of drug-likeness (QED) is 0.643. The summed E-state index contributed by atoms with van der Waals surface area (Å²) in [4.78, 5) is 18.1. The van der Waals surface area contributed by atoms with Crippen LogP contribution in [0.5, 0.6) is 5.75 Å². The lowest BCUT2D eigenvalue weighted by Gasteiger charge is -2.44. The molecule has 0 bridgehead atoms. The van der Waals surface area contributed by atoms with Crippen molar-refractivity contribution in [1.82, 2.24) is 9.88 Å². The molecule has 33 heavy (non-hydrogen) atoms. The van der Waals surface area contributed by atoms with Crippen molar-refractivity contribution in [1.29, 1.82) is 0 Å². The van der Waals surface area contributed by atoms with Crippen LogP contribution < -0.4 is 4.74 Å². The third kappa shape index (κ3) is 5.92. The van der Waals surface area contributed by atoms with E-state index in [-0.39, 0.29) is 23.3 Å². The first kappa shape index (κ1) is 24.1. The van der Waals surface area contributed by atoms with Gasteiger partial charge in [0.05, 0.1) is 23.9 Å². The van der Waals surface area contributed by atoms with Crippen LogP contribution in [0.3, 0.4) is 0 Å². The maximum absolute atomic E-state index is 11.7. The highest BCUT2D eigenvalue weighted by Crippen LogP contribution is 2.40. The van der Waals surface area contributed by atoms with Crippen molar-refractivity contribution >= 4 is 28.8 Å².